The number of nitrogens with two attached hydrogens (primary N) is 1. The first-order valence-corrected chi connectivity index (χ1v) is 7.50. The summed E-state index contributed by atoms with van der Waals surface area (Å²) in [6.07, 6.45) is 3.69. The van der Waals surface area contributed by atoms with Crippen molar-refractivity contribution in [3.05, 3.63) is 35.4 Å². The van der Waals surface area contributed by atoms with Crippen LogP contribution in [0.15, 0.2) is 24.3 Å². The molecule has 0 radical (unpaired) electrons. The van der Waals surface area contributed by atoms with E-state index in [0.29, 0.717) is 0 Å². The molecule has 3 rings (SSSR count). The van der Waals surface area contributed by atoms with Gasteiger partial charge in [0.05, 0.1) is 0 Å². The van der Waals surface area contributed by atoms with Crippen LogP contribution < -0.4 is 11.1 Å². The highest BCUT2D eigenvalue weighted by Crippen LogP contribution is 2.29. The summed E-state index contributed by atoms with van der Waals surface area (Å²) >= 11 is 0. The number of amides is 1. The molecular weight excluding hydrogens is 250 g/mol. The predicted molar refractivity (Wildman–Crippen MR) is 79.3 cm³/mol. The lowest BCUT2D eigenvalue weighted by molar-refractivity contribution is -0.123. The molecule has 3 N–H and O–H groups in total. The van der Waals surface area contributed by atoms with Gasteiger partial charge >= 0.3 is 0 Å². The van der Waals surface area contributed by atoms with Gasteiger partial charge in [-0.3, -0.25) is 9.69 Å². The summed E-state index contributed by atoms with van der Waals surface area (Å²) < 4.78 is 0. The van der Waals surface area contributed by atoms with E-state index in [-0.39, 0.29) is 11.9 Å². The van der Waals surface area contributed by atoms with Crippen molar-refractivity contribution >= 4 is 5.91 Å². The van der Waals surface area contributed by atoms with Crippen molar-refractivity contribution in [1.29, 1.82) is 0 Å². The van der Waals surface area contributed by atoms with Crippen molar-refractivity contribution < 1.29 is 4.79 Å². The zero-order valence-electron chi connectivity index (χ0n) is 12.0. The van der Waals surface area contributed by atoms with Gasteiger partial charge in [-0.25, -0.2) is 0 Å². The van der Waals surface area contributed by atoms with Gasteiger partial charge in [0.25, 0.3) is 0 Å². The monoisotopic (exact) mass is 273 g/mol. The molecule has 2 atom stereocenters. The van der Waals surface area contributed by atoms with Gasteiger partial charge in [-0.1, -0.05) is 29.8 Å². The van der Waals surface area contributed by atoms with E-state index in [4.69, 9.17) is 5.73 Å². The summed E-state index contributed by atoms with van der Waals surface area (Å²) in [7, 11) is 0. The zero-order chi connectivity index (χ0) is 14.1. The normalized spacial score (nSPS) is 24.6. The lowest BCUT2D eigenvalue weighted by atomic mass is 10.0. The minimum atomic E-state index is -0.564. The third-order valence-electron chi connectivity index (χ3n) is 4.35. The molecular formula is C16H23N3O. The zero-order valence-corrected chi connectivity index (χ0v) is 12.0. The Morgan fingerprint density at radius 2 is 2.00 bits per heavy atom. The van der Waals surface area contributed by atoms with E-state index < -0.39 is 6.04 Å². The highest BCUT2D eigenvalue weighted by Gasteiger charge is 2.35. The summed E-state index contributed by atoms with van der Waals surface area (Å²) in [5, 5.41) is 3.10. The lowest BCUT2D eigenvalue weighted by Gasteiger charge is -2.18. The van der Waals surface area contributed by atoms with E-state index in [1.807, 2.05) is 31.2 Å². The molecule has 2 unspecified atom stereocenters. The molecule has 1 aliphatic carbocycles. The van der Waals surface area contributed by atoms with E-state index >= 15 is 0 Å². The van der Waals surface area contributed by atoms with Crippen LogP contribution in [-0.2, 0) is 4.79 Å². The largest absolute Gasteiger partial charge is 0.350 e. The Labute approximate surface area is 120 Å². The Hall–Kier alpha value is -1.39. The number of carbonyl (C=O) groups excluding carboxylic acids is 1. The minimum Gasteiger partial charge on any atom is -0.350 e. The van der Waals surface area contributed by atoms with Gasteiger partial charge in [-0.15, -0.1) is 0 Å². The number of benzene rings is 1. The molecule has 1 saturated carbocycles. The molecule has 0 bridgehead atoms. The number of nitrogens with zero attached hydrogens (tertiary/aromatic N) is 1. The molecule has 20 heavy (non-hydrogen) atoms. The predicted octanol–water partition coefficient (Wildman–Crippen LogP) is 1.35. The molecule has 108 valence electrons. The fourth-order valence-electron chi connectivity index (χ4n) is 2.89. The first kappa shape index (κ1) is 13.6. The fourth-order valence-corrected chi connectivity index (χ4v) is 2.89. The summed E-state index contributed by atoms with van der Waals surface area (Å²) in [4.78, 5) is 14.7. The Morgan fingerprint density at radius 1 is 1.30 bits per heavy atom. The van der Waals surface area contributed by atoms with E-state index in [1.54, 1.807) is 0 Å². The highest BCUT2D eigenvalue weighted by atomic mass is 16.2. The molecule has 2 fully saturated rings. The topological polar surface area (TPSA) is 58.4 Å². The highest BCUT2D eigenvalue weighted by molar-refractivity contribution is 5.83. The number of aryl methyl sites for hydroxylation is 1. The molecule has 4 nitrogen and oxygen atoms in total. The number of hydrogen-bond acceptors (Lipinski definition) is 3. The first-order chi connectivity index (χ1) is 9.63. The van der Waals surface area contributed by atoms with Gasteiger partial charge < -0.3 is 11.1 Å². The van der Waals surface area contributed by atoms with Crippen LogP contribution in [0.5, 0.6) is 0 Å². The molecule has 1 amide bonds. The number of nitrogens with one attached hydrogen (secondary N) is 1. The van der Waals surface area contributed by atoms with Crippen molar-refractivity contribution in [1.82, 2.24) is 10.2 Å². The van der Waals surface area contributed by atoms with Crippen LogP contribution in [0.3, 0.4) is 0 Å². The second-order valence-corrected chi connectivity index (χ2v) is 6.11. The van der Waals surface area contributed by atoms with Gasteiger partial charge in [0.1, 0.15) is 6.04 Å². The number of rotatable bonds is 4. The summed E-state index contributed by atoms with van der Waals surface area (Å²) in [5.41, 5.74) is 8.11. The van der Waals surface area contributed by atoms with E-state index in [9.17, 15) is 4.79 Å². The minimum absolute atomic E-state index is 0.0588. The summed E-state index contributed by atoms with van der Waals surface area (Å²) in [6, 6.07) is 8.34. The molecule has 1 heterocycles. The number of carbonyl (C=O) groups is 1. The Kier molecular flexibility index (Phi) is 3.76. The van der Waals surface area contributed by atoms with Gasteiger partial charge in [-0.05, 0) is 31.7 Å². The quantitative estimate of drug-likeness (QED) is 0.870. The second-order valence-electron chi connectivity index (χ2n) is 6.11. The van der Waals surface area contributed by atoms with Crippen LogP contribution in [0, 0.1) is 6.92 Å². The fraction of sp³-hybridized carbons (Fsp3) is 0.562. The van der Waals surface area contributed by atoms with Crippen LogP contribution in [-0.4, -0.2) is 36.0 Å². The average molecular weight is 273 g/mol. The van der Waals surface area contributed by atoms with Crippen LogP contribution in [0.1, 0.15) is 36.4 Å². The van der Waals surface area contributed by atoms with Gasteiger partial charge in [0.15, 0.2) is 0 Å². The Bertz CT molecular complexity index is 481. The average Bonchev–Trinajstić information content (AvgIpc) is 3.20. The maximum atomic E-state index is 12.2. The van der Waals surface area contributed by atoms with E-state index in [1.165, 1.54) is 18.4 Å². The van der Waals surface area contributed by atoms with Crippen LogP contribution in [0.25, 0.3) is 0 Å². The van der Waals surface area contributed by atoms with Crippen molar-refractivity contribution in [2.45, 2.75) is 44.3 Å². The van der Waals surface area contributed by atoms with Gasteiger partial charge in [0.2, 0.25) is 5.91 Å². The van der Waals surface area contributed by atoms with Crippen molar-refractivity contribution in [3.8, 4) is 0 Å². The Balaban J connectivity index is 1.54. The van der Waals surface area contributed by atoms with Gasteiger partial charge in [0, 0.05) is 25.2 Å². The molecule has 1 aromatic rings. The van der Waals surface area contributed by atoms with Crippen LogP contribution in [0.4, 0.5) is 0 Å². The maximum Gasteiger partial charge on any atom is 0.241 e. The van der Waals surface area contributed by atoms with E-state index in [2.05, 4.69) is 10.2 Å². The molecule has 4 heteroatoms. The molecule has 1 aromatic carbocycles. The molecule has 2 aliphatic rings. The van der Waals surface area contributed by atoms with Crippen molar-refractivity contribution in [2.24, 2.45) is 5.73 Å². The first-order valence-electron chi connectivity index (χ1n) is 7.50. The second kappa shape index (κ2) is 5.54. The van der Waals surface area contributed by atoms with Crippen molar-refractivity contribution in [3.63, 3.8) is 0 Å². The third-order valence-corrected chi connectivity index (χ3v) is 4.35. The number of likely N-dealkylation sites (tertiary alicyclic amines) is 1. The molecule has 0 spiro atoms. The Morgan fingerprint density at radius 3 is 2.65 bits per heavy atom. The van der Waals surface area contributed by atoms with E-state index in [0.717, 1.165) is 31.1 Å². The standard InChI is InChI=1S/C16H23N3O/c1-11-2-4-12(5-3-11)15(17)16(20)18-13-8-9-19(10-13)14-6-7-14/h2-5,13-15H,6-10,17H2,1H3,(H,18,20). The maximum absolute atomic E-state index is 12.2. The number of hydrogen-bond donors (Lipinski definition) is 2. The SMILES string of the molecule is Cc1ccc(C(N)C(=O)NC2CCN(C3CC3)C2)cc1. The smallest absolute Gasteiger partial charge is 0.241 e. The van der Waals surface area contributed by atoms with Crippen molar-refractivity contribution in [2.75, 3.05) is 13.1 Å². The van der Waals surface area contributed by atoms with Gasteiger partial charge in [-0.2, -0.15) is 0 Å². The van der Waals surface area contributed by atoms with Crippen LogP contribution in [0.2, 0.25) is 0 Å². The summed E-state index contributed by atoms with van der Waals surface area (Å²) in [5.74, 6) is -0.0588. The van der Waals surface area contributed by atoms with Crippen LogP contribution >= 0.6 is 0 Å². The molecule has 1 saturated heterocycles. The molecule has 1 aliphatic heterocycles. The third kappa shape index (κ3) is 3.02. The summed E-state index contributed by atoms with van der Waals surface area (Å²) in [6.45, 7) is 4.12. The molecule has 0 aromatic heterocycles. The lowest BCUT2D eigenvalue weighted by Crippen LogP contribution is -2.42.